The first-order chi connectivity index (χ1) is 18.0. The maximum absolute atomic E-state index is 14.0. The van der Waals surface area contributed by atoms with Crippen molar-refractivity contribution < 1.29 is 23.5 Å². The van der Waals surface area contributed by atoms with Crippen LogP contribution in [-0.4, -0.2) is 48.4 Å². The van der Waals surface area contributed by atoms with Crippen molar-refractivity contribution in [2.75, 3.05) is 20.8 Å². The summed E-state index contributed by atoms with van der Waals surface area (Å²) in [6.07, 6.45) is 4.85. The van der Waals surface area contributed by atoms with Gasteiger partial charge in [-0.25, -0.2) is 4.39 Å². The number of methoxy groups -OCH3 is 2. The molecule has 2 aromatic carbocycles. The Hall–Kier alpha value is -3.39. The average molecular weight is 525 g/mol. The number of halogens is 1. The summed E-state index contributed by atoms with van der Waals surface area (Å²) in [6.45, 7) is 0.678. The molecule has 8 heteroatoms. The fourth-order valence-electron chi connectivity index (χ4n) is 4.84. The Morgan fingerprint density at radius 1 is 0.919 bits per heavy atom. The van der Waals surface area contributed by atoms with Gasteiger partial charge in [-0.1, -0.05) is 43.5 Å². The Balaban J connectivity index is 1.64. The van der Waals surface area contributed by atoms with E-state index >= 15 is 0 Å². The van der Waals surface area contributed by atoms with Crippen molar-refractivity contribution in [3.8, 4) is 11.5 Å². The number of ether oxygens (including phenoxy) is 2. The van der Waals surface area contributed by atoms with Gasteiger partial charge < -0.3 is 19.3 Å². The van der Waals surface area contributed by atoms with Crippen LogP contribution in [0.2, 0.25) is 0 Å². The number of thiophene rings is 1. The highest BCUT2D eigenvalue weighted by atomic mass is 32.1. The second kappa shape index (κ2) is 12.7. The molecule has 0 atom stereocenters. The Morgan fingerprint density at radius 2 is 1.59 bits per heavy atom. The van der Waals surface area contributed by atoms with Gasteiger partial charge in [0, 0.05) is 17.5 Å². The first kappa shape index (κ1) is 26.7. The molecule has 0 spiro atoms. The van der Waals surface area contributed by atoms with Crippen molar-refractivity contribution in [3.63, 3.8) is 0 Å². The molecule has 0 unspecified atom stereocenters. The predicted molar refractivity (Wildman–Crippen MR) is 142 cm³/mol. The van der Waals surface area contributed by atoms with Crippen LogP contribution in [-0.2, 0) is 17.9 Å². The smallest absolute Gasteiger partial charge is 0.262 e. The molecule has 4 rings (SSSR count). The van der Waals surface area contributed by atoms with Crippen LogP contribution in [0.5, 0.6) is 11.5 Å². The maximum Gasteiger partial charge on any atom is 0.262 e. The van der Waals surface area contributed by atoms with E-state index in [0.717, 1.165) is 42.5 Å². The van der Waals surface area contributed by atoms with E-state index in [2.05, 4.69) is 0 Å². The van der Waals surface area contributed by atoms with E-state index in [0.29, 0.717) is 30.2 Å². The van der Waals surface area contributed by atoms with Crippen LogP contribution in [0.3, 0.4) is 0 Å². The molecule has 1 aromatic heterocycles. The van der Waals surface area contributed by atoms with Gasteiger partial charge in [-0.3, -0.25) is 9.59 Å². The van der Waals surface area contributed by atoms with Crippen LogP contribution in [0.1, 0.15) is 52.9 Å². The number of hydrogen-bond donors (Lipinski definition) is 0. The lowest BCUT2D eigenvalue weighted by Gasteiger charge is -2.36. The molecule has 2 amide bonds. The van der Waals surface area contributed by atoms with Gasteiger partial charge >= 0.3 is 0 Å². The molecule has 196 valence electrons. The van der Waals surface area contributed by atoms with Crippen molar-refractivity contribution in [2.45, 2.75) is 51.2 Å². The van der Waals surface area contributed by atoms with Crippen LogP contribution in [0.4, 0.5) is 4.39 Å². The number of hydrogen-bond acceptors (Lipinski definition) is 5. The summed E-state index contributed by atoms with van der Waals surface area (Å²) in [5, 5.41) is 1.97. The third-order valence-corrected chi connectivity index (χ3v) is 7.65. The van der Waals surface area contributed by atoms with Crippen molar-refractivity contribution in [1.29, 1.82) is 0 Å². The normalized spacial score (nSPS) is 13.7. The van der Waals surface area contributed by atoms with Gasteiger partial charge in [-0.15, -0.1) is 11.3 Å². The van der Waals surface area contributed by atoms with Gasteiger partial charge in [0.05, 0.1) is 20.8 Å². The van der Waals surface area contributed by atoms with E-state index in [1.807, 2.05) is 17.5 Å². The van der Waals surface area contributed by atoms with Crippen molar-refractivity contribution in [2.24, 2.45) is 0 Å². The molecule has 1 saturated carbocycles. The Morgan fingerprint density at radius 3 is 2.19 bits per heavy atom. The molecule has 37 heavy (non-hydrogen) atoms. The maximum atomic E-state index is 14.0. The topological polar surface area (TPSA) is 59.1 Å². The number of carbonyl (C=O) groups excluding carboxylic acids is 2. The Labute approximate surface area is 221 Å². The summed E-state index contributed by atoms with van der Waals surface area (Å²) in [4.78, 5) is 32.3. The molecule has 0 bridgehead atoms. The fraction of sp³-hybridized carbons (Fsp3) is 0.379. The largest absolute Gasteiger partial charge is 0.496 e. The van der Waals surface area contributed by atoms with Crippen molar-refractivity contribution >= 4 is 23.2 Å². The average Bonchev–Trinajstić information content (AvgIpc) is 3.45. The molecule has 1 aliphatic rings. The number of nitrogens with zero attached hydrogens (tertiary/aromatic N) is 2. The molecule has 3 aromatic rings. The van der Waals surface area contributed by atoms with E-state index in [-0.39, 0.29) is 30.2 Å². The molecule has 1 aliphatic carbocycles. The summed E-state index contributed by atoms with van der Waals surface area (Å²) in [5.74, 6) is 0.0800. The SMILES string of the molecule is COc1cccc(OC)c1C(=O)N(CC(=O)N(Cc1ccc(F)cc1)Cc1cccs1)C1CCCCC1. The van der Waals surface area contributed by atoms with E-state index < -0.39 is 0 Å². The fourth-order valence-corrected chi connectivity index (χ4v) is 5.56. The highest BCUT2D eigenvalue weighted by molar-refractivity contribution is 7.09. The van der Waals surface area contributed by atoms with Crippen LogP contribution in [0.25, 0.3) is 0 Å². The monoisotopic (exact) mass is 524 g/mol. The predicted octanol–water partition coefficient (Wildman–Crippen LogP) is 5.91. The summed E-state index contributed by atoms with van der Waals surface area (Å²) in [5.41, 5.74) is 1.16. The van der Waals surface area contributed by atoms with E-state index in [1.165, 1.54) is 26.4 Å². The standard InChI is InChI=1S/C29H33FN2O4S/c1-35-25-11-6-12-26(36-2)28(25)29(34)32(23-8-4-3-5-9-23)20-27(33)31(19-24-10-7-17-37-24)18-21-13-15-22(30)16-14-21/h6-7,10-17,23H,3-5,8-9,18-20H2,1-2H3. The molecule has 0 aliphatic heterocycles. The zero-order valence-electron chi connectivity index (χ0n) is 21.3. The lowest BCUT2D eigenvalue weighted by atomic mass is 9.93. The highest BCUT2D eigenvalue weighted by Gasteiger charge is 2.33. The molecule has 1 fully saturated rings. The third kappa shape index (κ3) is 6.68. The Bertz CT molecular complexity index is 1150. The van der Waals surface area contributed by atoms with Gasteiger partial charge in [0.1, 0.15) is 29.4 Å². The molecule has 0 N–H and O–H groups in total. The number of benzene rings is 2. The summed E-state index contributed by atoms with van der Waals surface area (Å²) >= 11 is 1.57. The molecular weight excluding hydrogens is 491 g/mol. The number of carbonyl (C=O) groups is 2. The first-order valence-electron chi connectivity index (χ1n) is 12.6. The zero-order valence-corrected chi connectivity index (χ0v) is 22.1. The molecule has 0 saturated heterocycles. The van der Waals surface area contributed by atoms with Crippen LogP contribution >= 0.6 is 11.3 Å². The van der Waals surface area contributed by atoms with Crippen LogP contribution in [0, 0.1) is 5.82 Å². The lowest BCUT2D eigenvalue weighted by Crippen LogP contribution is -2.48. The summed E-state index contributed by atoms with van der Waals surface area (Å²) in [7, 11) is 3.04. The minimum absolute atomic E-state index is 0.0470. The second-order valence-electron chi connectivity index (χ2n) is 9.22. The molecule has 6 nitrogen and oxygen atoms in total. The van der Waals surface area contributed by atoms with Crippen LogP contribution in [0.15, 0.2) is 60.0 Å². The van der Waals surface area contributed by atoms with Gasteiger partial charge in [-0.2, -0.15) is 0 Å². The summed E-state index contributed by atoms with van der Waals surface area (Å²) in [6, 6.07) is 15.3. The van der Waals surface area contributed by atoms with E-state index in [4.69, 9.17) is 9.47 Å². The Kier molecular flexibility index (Phi) is 9.17. The molecule has 1 heterocycles. The highest BCUT2D eigenvalue weighted by Crippen LogP contribution is 2.32. The minimum Gasteiger partial charge on any atom is -0.496 e. The van der Waals surface area contributed by atoms with Gasteiger partial charge in [0.25, 0.3) is 5.91 Å². The second-order valence-corrected chi connectivity index (χ2v) is 10.3. The number of rotatable bonds is 10. The third-order valence-electron chi connectivity index (χ3n) is 6.79. The minimum atomic E-state index is -0.320. The zero-order chi connectivity index (χ0) is 26.2. The van der Waals surface area contributed by atoms with Crippen molar-refractivity contribution in [3.05, 3.63) is 81.8 Å². The van der Waals surface area contributed by atoms with Crippen LogP contribution < -0.4 is 9.47 Å². The van der Waals surface area contributed by atoms with E-state index in [9.17, 15) is 14.0 Å². The van der Waals surface area contributed by atoms with Gasteiger partial charge in [0.15, 0.2) is 0 Å². The van der Waals surface area contributed by atoms with Gasteiger partial charge in [0.2, 0.25) is 5.91 Å². The first-order valence-corrected chi connectivity index (χ1v) is 13.4. The lowest BCUT2D eigenvalue weighted by molar-refractivity contribution is -0.133. The molecule has 0 radical (unpaired) electrons. The van der Waals surface area contributed by atoms with Gasteiger partial charge in [-0.05, 0) is 54.1 Å². The summed E-state index contributed by atoms with van der Waals surface area (Å²) < 4.78 is 24.5. The van der Waals surface area contributed by atoms with E-state index in [1.54, 1.807) is 51.5 Å². The quantitative estimate of drug-likeness (QED) is 0.331. The van der Waals surface area contributed by atoms with Crippen molar-refractivity contribution in [1.82, 2.24) is 9.80 Å². The number of amides is 2. The molecular formula is C29H33FN2O4S.